The van der Waals surface area contributed by atoms with Crippen LogP contribution < -0.4 is 5.32 Å². The van der Waals surface area contributed by atoms with Gasteiger partial charge in [-0.1, -0.05) is 30.3 Å². The number of anilines is 1. The Morgan fingerprint density at radius 3 is 2.25 bits per heavy atom. The fourth-order valence-corrected chi connectivity index (χ4v) is 4.39. The number of hydrogen-bond acceptors (Lipinski definition) is 4. The molecule has 2 heterocycles. The third-order valence-electron chi connectivity index (χ3n) is 5.52. The monoisotopic (exact) mass is 380 g/mol. The molecule has 2 amide bonds. The largest absolute Gasteiger partial charge is 0.324 e. The standard InChI is InChI=1S/C21H24N4O3/c26-21(22-19-4-2-1-3-5-19)24-14-17-10-18(15-24)13-23(12-17)11-16-6-8-20(9-7-16)25(27)28/h1-9,17-18H,10-15H2,(H,22,26). The van der Waals surface area contributed by atoms with Gasteiger partial charge in [-0.2, -0.15) is 0 Å². The van der Waals surface area contributed by atoms with E-state index in [1.54, 1.807) is 12.1 Å². The first-order valence-electron chi connectivity index (χ1n) is 9.63. The van der Waals surface area contributed by atoms with Gasteiger partial charge >= 0.3 is 6.03 Å². The van der Waals surface area contributed by atoms with Gasteiger partial charge in [0.05, 0.1) is 4.92 Å². The summed E-state index contributed by atoms with van der Waals surface area (Å²) in [5.74, 6) is 0.930. The Balaban J connectivity index is 1.33. The fourth-order valence-electron chi connectivity index (χ4n) is 4.39. The number of rotatable bonds is 4. The van der Waals surface area contributed by atoms with Gasteiger partial charge in [-0.3, -0.25) is 15.0 Å². The third kappa shape index (κ3) is 4.31. The molecule has 2 atom stereocenters. The minimum atomic E-state index is -0.371. The summed E-state index contributed by atoms with van der Waals surface area (Å²) in [6.45, 7) is 4.23. The number of carbonyl (C=O) groups excluding carboxylic acids is 1. The number of fused-ring (bicyclic) bond motifs is 2. The molecule has 4 rings (SSSR count). The van der Waals surface area contributed by atoms with E-state index in [-0.39, 0.29) is 16.6 Å². The normalized spacial score (nSPS) is 21.9. The Morgan fingerprint density at radius 2 is 1.64 bits per heavy atom. The van der Waals surface area contributed by atoms with E-state index in [2.05, 4.69) is 10.2 Å². The average Bonchev–Trinajstić information content (AvgIpc) is 2.68. The van der Waals surface area contributed by atoms with Crippen LogP contribution in [0, 0.1) is 22.0 Å². The predicted molar refractivity (Wildman–Crippen MR) is 107 cm³/mol. The molecule has 2 unspecified atom stereocenters. The van der Waals surface area contributed by atoms with Crippen LogP contribution in [0.3, 0.4) is 0 Å². The van der Waals surface area contributed by atoms with Crippen molar-refractivity contribution in [3.63, 3.8) is 0 Å². The SMILES string of the molecule is O=C(Nc1ccccc1)N1CC2CC(CN(Cc3ccc([N+](=O)[O-])cc3)C2)C1. The second-order valence-electron chi connectivity index (χ2n) is 7.79. The number of hydrogen-bond donors (Lipinski definition) is 1. The summed E-state index contributed by atoms with van der Waals surface area (Å²) in [7, 11) is 0. The number of non-ortho nitro benzene ring substituents is 1. The molecule has 2 aliphatic heterocycles. The second kappa shape index (κ2) is 7.98. The number of carbonyl (C=O) groups is 1. The lowest BCUT2D eigenvalue weighted by Crippen LogP contribution is -2.54. The zero-order valence-electron chi connectivity index (χ0n) is 15.7. The summed E-state index contributed by atoms with van der Waals surface area (Å²) in [6.07, 6.45) is 1.16. The molecule has 0 aromatic heterocycles. The number of nitrogens with zero attached hydrogens (tertiary/aromatic N) is 3. The van der Waals surface area contributed by atoms with Gasteiger partial charge in [0.25, 0.3) is 5.69 Å². The molecule has 7 heteroatoms. The van der Waals surface area contributed by atoms with E-state index in [9.17, 15) is 14.9 Å². The molecule has 28 heavy (non-hydrogen) atoms. The number of nitro benzene ring substituents is 1. The van der Waals surface area contributed by atoms with Gasteiger partial charge in [0, 0.05) is 50.5 Å². The summed E-state index contributed by atoms with van der Waals surface area (Å²) < 4.78 is 0. The summed E-state index contributed by atoms with van der Waals surface area (Å²) >= 11 is 0. The summed E-state index contributed by atoms with van der Waals surface area (Å²) in [4.78, 5) is 27.4. The maximum Gasteiger partial charge on any atom is 0.321 e. The number of urea groups is 1. The first kappa shape index (κ1) is 18.4. The first-order valence-corrected chi connectivity index (χ1v) is 9.63. The van der Waals surface area contributed by atoms with Crippen molar-refractivity contribution in [2.75, 3.05) is 31.5 Å². The van der Waals surface area contributed by atoms with Crippen molar-refractivity contribution in [2.45, 2.75) is 13.0 Å². The van der Waals surface area contributed by atoms with E-state index in [0.29, 0.717) is 11.8 Å². The van der Waals surface area contributed by atoms with E-state index in [4.69, 9.17) is 0 Å². The minimum Gasteiger partial charge on any atom is -0.324 e. The summed E-state index contributed by atoms with van der Waals surface area (Å²) in [5, 5.41) is 13.8. The van der Waals surface area contributed by atoms with Crippen LogP contribution >= 0.6 is 0 Å². The molecule has 0 saturated carbocycles. The lowest BCUT2D eigenvalue weighted by molar-refractivity contribution is -0.384. The molecule has 2 aliphatic rings. The Morgan fingerprint density at radius 1 is 1.00 bits per heavy atom. The molecule has 2 fully saturated rings. The van der Waals surface area contributed by atoms with E-state index < -0.39 is 0 Å². The Bertz CT molecular complexity index is 826. The highest BCUT2D eigenvalue weighted by atomic mass is 16.6. The highest BCUT2D eigenvalue weighted by molar-refractivity contribution is 5.89. The summed E-state index contributed by atoms with van der Waals surface area (Å²) in [6, 6.07) is 16.3. The molecule has 0 radical (unpaired) electrons. The van der Waals surface area contributed by atoms with Gasteiger partial charge in [0.2, 0.25) is 0 Å². The Hall–Kier alpha value is -2.93. The van der Waals surface area contributed by atoms with Gasteiger partial charge in [-0.15, -0.1) is 0 Å². The van der Waals surface area contributed by atoms with Crippen molar-refractivity contribution in [3.8, 4) is 0 Å². The second-order valence-corrected chi connectivity index (χ2v) is 7.79. The van der Waals surface area contributed by atoms with Crippen molar-refractivity contribution in [3.05, 3.63) is 70.3 Å². The molecule has 2 aromatic carbocycles. The minimum absolute atomic E-state index is 0.0234. The van der Waals surface area contributed by atoms with Crippen molar-refractivity contribution in [2.24, 2.45) is 11.8 Å². The molecule has 2 bridgehead atoms. The van der Waals surface area contributed by atoms with Crippen LogP contribution in [0.2, 0.25) is 0 Å². The highest BCUT2D eigenvalue weighted by Gasteiger charge is 2.35. The van der Waals surface area contributed by atoms with E-state index in [1.165, 1.54) is 0 Å². The topological polar surface area (TPSA) is 78.7 Å². The smallest absolute Gasteiger partial charge is 0.321 e. The van der Waals surface area contributed by atoms with Gasteiger partial charge in [-0.25, -0.2) is 4.79 Å². The molecule has 0 aliphatic carbocycles. The molecule has 2 saturated heterocycles. The number of nitro groups is 1. The zero-order valence-corrected chi connectivity index (χ0v) is 15.7. The fraction of sp³-hybridized carbons (Fsp3) is 0.381. The third-order valence-corrected chi connectivity index (χ3v) is 5.52. The average molecular weight is 380 g/mol. The molecule has 7 nitrogen and oxygen atoms in total. The van der Waals surface area contributed by atoms with Gasteiger partial charge in [0.1, 0.15) is 0 Å². The van der Waals surface area contributed by atoms with Crippen LogP contribution in [0.5, 0.6) is 0 Å². The van der Waals surface area contributed by atoms with Crippen molar-refractivity contribution in [1.82, 2.24) is 9.80 Å². The molecular formula is C21H24N4O3. The summed E-state index contributed by atoms with van der Waals surface area (Å²) in [5.41, 5.74) is 2.03. The highest BCUT2D eigenvalue weighted by Crippen LogP contribution is 2.30. The number of benzene rings is 2. The molecule has 2 aromatic rings. The maximum atomic E-state index is 12.6. The lowest BCUT2D eigenvalue weighted by Gasteiger charge is -2.45. The first-order chi connectivity index (χ1) is 13.6. The van der Waals surface area contributed by atoms with E-state index >= 15 is 0 Å². The number of amides is 2. The predicted octanol–water partition coefficient (Wildman–Crippen LogP) is 3.58. The Labute approximate surface area is 164 Å². The van der Waals surface area contributed by atoms with Gasteiger partial charge < -0.3 is 10.2 Å². The van der Waals surface area contributed by atoms with Crippen LogP contribution in [0.4, 0.5) is 16.2 Å². The van der Waals surface area contributed by atoms with Crippen molar-refractivity contribution in [1.29, 1.82) is 0 Å². The molecule has 0 spiro atoms. The van der Waals surface area contributed by atoms with Crippen molar-refractivity contribution < 1.29 is 9.72 Å². The molecular weight excluding hydrogens is 356 g/mol. The number of likely N-dealkylation sites (tertiary alicyclic amines) is 2. The number of nitrogens with one attached hydrogen (secondary N) is 1. The van der Waals surface area contributed by atoms with E-state index in [1.807, 2.05) is 47.4 Å². The molecule has 1 N–H and O–H groups in total. The zero-order chi connectivity index (χ0) is 19.5. The van der Waals surface area contributed by atoms with Gasteiger partial charge in [0.15, 0.2) is 0 Å². The van der Waals surface area contributed by atoms with Crippen LogP contribution in [0.25, 0.3) is 0 Å². The van der Waals surface area contributed by atoms with Crippen molar-refractivity contribution >= 4 is 17.4 Å². The number of piperidine rings is 2. The van der Waals surface area contributed by atoms with Crippen LogP contribution in [-0.4, -0.2) is 46.9 Å². The van der Waals surface area contributed by atoms with Crippen LogP contribution in [0.15, 0.2) is 54.6 Å². The van der Waals surface area contributed by atoms with E-state index in [0.717, 1.165) is 50.4 Å². The Kier molecular flexibility index (Phi) is 5.25. The molecule has 146 valence electrons. The van der Waals surface area contributed by atoms with Crippen LogP contribution in [0.1, 0.15) is 12.0 Å². The quantitative estimate of drug-likeness (QED) is 0.650. The van der Waals surface area contributed by atoms with Crippen LogP contribution in [-0.2, 0) is 6.54 Å². The lowest BCUT2D eigenvalue weighted by atomic mass is 9.84. The van der Waals surface area contributed by atoms with Gasteiger partial charge in [-0.05, 0) is 36.0 Å². The maximum absolute atomic E-state index is 12.6. The number of para-hydroxylation sites is 1.